The molecule has 0 radical (unpaired) electrons. The molecule has 198 valence electrons. The van der Waals surface area contributed by atoms with Crippen LogP contribution in [-0.2, 0) is 35.2 Å². The van der Waals surface area contributed by atoms with Crippen molar-refractivity contribution in [3.63, 3.8) is 0 Å². The van der Waals surface area contributed by atoms with Gasteiger partial charge in [0.25, 0.3) is 0 Å². The molecule has 0 saturated carbocycles. The van der Waals surface area contributed by atoms with Crippen LogP contribution < -0.4 is 27.4 Å². The Balaban J connectivity index is 3.14. The lowest BCUT2D eigenvalue weighted by Gasteiger charge is -2.25. The molecule has 0 spiro atoms. The number of aliphatic hydroxyl groups is 1. The Morgan fingerprint density at radius 2 is 1.39 bits per heavy atom. The number of hydrogen-bond acceptors (Lipinski definition) is 8. The van der Waals surface area contributed by atoms with Gasteiger partial charge in [0.05, 0.1) is 12.5 Å². The van der Waals surface area contributed by atoms with Gasteiger partial charge in [-0.05, 0) is 18.9 Å². The normalized spacial score (nSPS) is 14.9. The van der Waals surface area contributed by atoms with Crippen molar-refractivity contribution < 1.29 is 44.1 Å². The Hall–Kier alpha value is -4.04. The zero-order chi connectivity index (χ0) is 27.4. The molecule has 0 saturated heterocycles. The molecule has 1 aromatic rings. The molecule has 14 nitrogen and oxygen atoms in total. The first-order chi connectivity index (χ1) is 16.8. The fourth-order valence-corrected chi connectivity index (χ4v) is 3.02. The smallest absolute Gasteiger partial charge is 0.326 e. The van der Waals surface area contributed by atoms with E-state index in [1.807, 2.05) is 0 Å². The van der Waals surface area contributed by atoms with Crippen LogP contribution in [0.2, 0.25) is 0 Å². The maximum atomic E-state index is 12.9. The maximum Gasteiger partial charge on any atom is 0.326 e. The van der Waals surface area contributed by atoms with Crippen LogP contribution in [0.15, 0.2) is 30.3 Å². The zero-order valence-electron chi connectivity index (χ0n) is 19.5. The molecule has 4 amide bonds. The summed E-state index contributed by atoms with van der Waals surface area (Å²) in [5, 5.41) is 34.7. The number of amides is 4. The zero-order valence-corrected chi connectivity index (χ0v) is 19.5. The molecule has 0 bridgehead atoms. The van der Waals surface area contributed by atoms with Crippen molar-refractivity contribution in [3.05, 3.63) is 35.9 Å². The van der Waals surface area contributed by atoms with Crippen LogP contribution in [0.5, 0.6) is 0 Å². The summed E-state index contributed by atoms with van der Waals surface area (Å²) >= 11 is 0. The quantitative estimate of drug-likeness (QED) is 0.121. The molecule has 0 fully saturated rings. The van der Waals surface area contributed by atoms with Crippen LogP contribution in [0.4, 0.5) is 0 Å². The summed E-state index contributed by atoms with van der Waals surface area (Å²) in [6.45, 7) is 1.23. The van der Waals surface area contributed by atoms with Gasteiger partial charge in [-0.1, -0.05) is 30.3 Å². The van der Waals surface area contributed by atoms with Crippen molar-refractivity contribution in [1.82, 2.24) is 16.0 Å². The molecule has 0 heterocycles. The van der Waals surface area contributed by atoms with Gasteiger partial charge in [-0.25, -0.2) is 4.79 Å². The molecule has 0 aliphatic rings. The second kappa shape index (κ2) is 14.4. The number of benzene rings is 1. The summed E-state index contributed by atoms with van der Waals surface area (Å²) in [6, 6.07) is 2.38. The number of aliphatic carboxylic acids is 2. The maximum absolute atomic E-state index is 12.9. The number of primary amides is 1. The van der Waals surface area contributed by atoms with Crippen LogP contribution in [0.25, 0.3) is 0 Å². The number of rotatable bonds is 15. The summed E-state index contributed by atoms with van der Waals surface area (Å²) in [5.74, 6) is -6.62. The second-order valence-corrected chi connectivity index (χ2v) is 8.08. The first-order valence-electron chi connectivity index (χ1n) is 10.9. The highest BCUT2D eigenvalue weighted by atomic mass is 16.4. The minimum atomic E-state index is -1.66. The summed E-state index contributed by atoms with van der Waals surface area (Å²) in [7, 11) is 0. The van der Waals surface area contributed by atoms with Crippen molar-refractivity contribution in [1.29, 1.82) is 0 Å². The molecule has 1 rings (SSSR count). The van der Waals surface area contributed by atoms with E-state index in [4.69, 9.17) is 16.6 Å². The van der Waals surface area contributed by atoms with Crippen LogP contribution >= 0.6 is 0 Å². The molecular weight excluding hydrogens is 478 g/mol. The SMILES string of the molecule is CC(O)C(N)C(=O)NC(CC(=O)O)C(=O)NC(Cc1ccccc1)C(=O)NC(CCC(N)=O)C(=O)O. The van der Waals surface area contributed by atoms with Crippen LogP contribution in [0.3, 0.4) is 0 Å². The molecule has 5 atom stereocenters. The van der Waals surface area contributed by atoms with Crippen molar-refractivity contribution in [2.24, 2.45) is 11.5 Å². The number of carboxylic acid groups (broad SMARTS) is 2. The summed E-state index contributed by atoms with van der Waals surface area (Å²) < 4.78 is 0. The van der Waals surface area contributed by atoms with Crippen LogP contribution in [0, 0.1) is 0 Å². The van der Waals surface area contributed by atoms with Crippen molar-refractivity contribution in [3.8, 4) is 0 Å². The lowest BCUT2D eigenvalue weighted by atomic mass is 10.0. The molecule has 5 unspecified atom stereocenters. The summed E-state index contributed by atoms with van der Waals surface area (Å²) in [4.78, 5) is 71.8. The summed E-state index contributed by atoms with van der Waals surface area (Å²) in [5.41, 5.74) is 11.2. The molecule has 14 heteroatoms. The summed E-state index contributed by atoms with van der Waals surface area (Å²) in [6.07, 6.45) is -2.87. The molecule has 0 aliphatic heterocycles. The van der Waals surface area contributed by atoms with E-state index in [0.29, 0.717) is 5.56 Å². The molecule has 0 aliphatic carbocycles. The van der Waals surface area contributed by atoms with Gasteiger partial charge in [0.15, 0.2) is 0 Å². The Morgan fingerprint density at radius 3 is 1.89 bits per heavy atom. The van der Waals surface area contributed by atoms with Gasteiger partial charge in [0, 0.05) is 12.8 Å². The number of hydrogen-bond donors (Lipinski definition) is 8. The minimum Gasteiger partial charge on any atom is -0.481 e. The van der Waals surface area contributed by atoms with Gasteiger partial charge < -0.3 is 42.7 Å². The molecule has 0 aromatic heterocycles. The van der Waals surface area contributed by atoms with E-state index >= 15 is 0 Å². The van der Waals surface area contributed by atoms with E-state index in [9.17, 15) is 39.0 Å². The standard InChI is InChI=1S/C22H31N5O9/c1-11(28)18(24)21(34)27-15(10-17(30)31)20(33)26-14(9-12-5-3-2-4-6-12)19(32)25-13(22(35)36)7-8-16(23)29/h2-6,11,13-15,18,28H,7-10,24H2,1H3,(H2,23,29)(H,25,32)(H,26,33)(H,27,34)(H,30,31)(H,35,36). The number of carbonyl (C=O) groups is 6. The Morgan fingerprint density at radius 1 is 0.861 bits per heavy atom. The molecule has 10 N–H and O–H groups in total. The number of aliphatic hydroxyl groups excluding tert-OH is 1. The molecular formula is C22H31N5O9. The average Bonchev–Trinajstić information content (AvgIpc) is 2.79. The van der Waals surface area contributed by atoms with E-state index in [-0.39, 0.29) is 19.3 Å². The Kier molecular flexibility index (Phi) is 12.0. The molecule has 1 aromatic carbocycles. The van der Waals surface area contributed by atoms with Crippen molar-refractivity contribution in [2.75, 3.05) is 0 Å². The van der Waals surface area contributed by atoms with Gasteiger partial charge >= 0.3 is 11.9 Å². The number of nitrogens with two attached hydrogens (primary N) is 2. The third kappa shape index (κ3) is 10.5. The first-order valence-corrected chi connectivity index (χ1v) is 10.9. The van der Waals surface area contributed by atoms with E-state index < -0.39 is 72.3 Å². The largest absolute Gasteiger partial charge is 0.481 e. The fraction of sp³-hybridized carbons (Fsp3) is 0.455. The van der Waals surface area contributed by atoms with Crippen molar-refractivity contribution in [2.45, 2.75) is 62.9 Å². The molecule has 36 heavy (non-hydrogen) atoms. The third-order valence-electron chi connectivity index (χ3n) is 5.04. The highest BCUT2D eigenvalue weighted by Gasteiger charge is 2.32. The topological polar surface area (TPSA) is 251 Å². The van der Waals surface area contributed by atoms with E-state index in [2.05, 4.69) is 16.0 Å². The predicted molar refractivity (Wildman–Crippen MR) is 124 cm³/mol. The number of carbonyl (C=O) groups excluding carboxylic acids is 4. The number of carboxylic acids is 2. The average molecular weight is 510 g/mol. The van der Waals surface area contributed by atoms with E-state index in [1.165, 1.54) is 6.92 Å². The lowest BCUT2D eigenvalue weighted by Crippen LogP contribution is -2.59. The Labute approximate surface area is 206 Å². The predicted octanol–water partition coefficient (Wildman–Crippen LogP) is -2.78. The third-order valence-corrected chi connectivity index (χ3v) is 5.04. The van der Waals surface area contributed by atoms with E-state index in [0.717, 1.165) is 0 Å². The fourth-order valence-electron chi connectivity index (χ4n) is 3.02. The van der Waals surface area contributed by atoms with Crippen LogP contribution in [0.1, 0.15) is 31.7 Å². The van der Waals surface area contributed by atoms with Crippen molar-refractivity contribution >= 4 is 35.6 Å². The number of nitrogens with one attached hydrogen (secondary N) is 3. The monoisotopic (exact) mass is 509 g/mol. The van der Waals surface area contributed by atoms with Gasteiger partial charge in [-0.3, -0.25) is 24.0 Å². The first kappa shape index (κ1) is 30.0. The van der Waals surface area contributed by atoms with Gasteiger partial charge in [0.2, 0.25) is 23.6 Å². The van der Waals surface area contributed by atoms with Gasteiger partial charge in [-0.15, -0.1) is 0 Å². The second-order valence-electron chi connectivity index (χ2n) is 8.08. The highest BCUT2D eigenvalue weighted by molar-refractivity contribution is 5.95. The minimum absolute atomic E-state index is 0.110. The van der Waals surface area contributed by atoms with Gasteiger partial charge in [-0.2, -0.15) is 0 Å². The highest BCUT2D eigenvalue weighted by Crippen LogP contribution is 2.07. The Bertz CT molecular complexity index is 954. The lowest BCUT2D eigenvalue weighted by molar-refractivity contribution is -0.143. The van der Waals surface area contributed by atoms with E-state index in [1.54, 1.807) is 30.3 Å². The van der Waals surface area contributed by atoms with Crippen LogP contribution in [-0.4, -0.2) is 81.2 Å². The van der Waals surface area contributed by atoms with Gasteiger partial charge in [0.1, 0.15) is 24.2 Å².